The van der Waals surface area contributed by atoms with Gasteiger partial charge in [-0.05, 0) is 38.9 Å². The number of thiocarbonyl (C=S) groups is 1. The Morgan fingerprint density at radius 1 is 1.58 bits per heavy atom. The molecule has 0 aromatic carbocycles. The van der Waals surface area contributed by atoms with Crippen LogP contribution < -0.4 is 11.1 Å². The van der Waals surface area contributed by atoms with E-state index in [1.54, 1.807) is 0 Å². The standard InChI is InChI=1S/C13H21N5S/c1-3-18-6-4-5-10(8-18)16-13-15-9(2)7-11(17-13)12(14)19/h7,10H,3-6,8H2,1-2H3,(H2,14,19)(H,15,16,17). The van der Waals surface area contributed by atoms with Crippen molar-refractivity contribution in [2.45, 2.75) is 32.7 Å². The lowest BCUT2D eigenvalue weighted by atomic mass is 10.1. The van der Waals surface area contributed by atoms with Crippen LogP contribution in [0.3, 0.4) is 0 Å². The molecule has 104 valence electrons. The van der Waals surface area contributed by atoms with E-state index in [9.17, 15) is 0 Å². The fraction of sp³-hybridized carbons (Fsp3) is 0.615. The highest BCUT2D eigenvalue weighted by atomic mass is 32.1. The van der Waals surface area contributed by atoms with Crippen LogP contribution in [0.15, 0.2) is 6.07 Å². The lowest BCUT2D eigenvalue weighted by Crippen LogP contribution is -2.42. The van der Waals surface area contributed by atoms with Gasteiger partial charge in [0.2, 0.25) is 5.95 Å². The quantitative estimate of drug-likeness (QED) is 0.810. The Morgan fingerprint density at radius 3 is 3.05 bits per heavy atom. The summed E-state index contributed by atoms with van der Waals surface area (Å²) in [5, 5.41) is 3.40. The lowest BCUT2D eigenvalue weighted by molar-refractivity contribution is 0.226. The van der Waals surface area contributed by atoms with E-state index >= 15 is 0 Å². The van der Waals surface area contributed by atoms with Gasteiger partial charge in [-0.15, -0.1) is 0 Å². The van der Waals surface area contributed by atoms with Gasteiger partial charge in [-0.25, -0.2) is 9.97 Å². The SMILES string of the molecule is CCN1CCCC(Nc2nc(C)cc(C(N)=S)n2)C1. The van der Waals surface area contributed by atoms with Crippen molar-refractivity contribution in [3.63, 3.8) is 0 Å². The summed E-state index contributed by atoms with van der Waals surface area (Å²) in [5.41, 5.74) is 7.14. The molecule has 1 aliphatic heterocycles. The first-order valence-electron chi connectivity index (χ1n) is 6.73. The number of hydrogen-bond acceptors (Lipinski definition) is 5. The molecule has 0 bridgehead atoms. The summed E-state index contributed by atoms with van der Waals surface area (Å²) < 4.78 is 0. The second kappa shape index (κ2) is 6.25. The van der Waals surface area contributed by atoms with Crippen molar-refractivity contribution in [1.82, 2.24) is 14.9 Å². The number of hydrogen-bond donors (Lipinski definition) is 2. The maximum absolute atomic E-state index is 5.63. The maximum atomic E-state index is 5.63. The average Bonchev–Trinajstić information content (AvgIpc) is 2.38. The average molecular weight is 279 g/mol. The van der Waals surface area contributed by atoms with Gasteiger partial charge < -0.3 is 16.0 Å². The molecule has 0 aliphatic carbocycles. The van der Waals surface area contributed by atoms with Gasteiger partial charge >= 0.3 is 0 Å². The molecule has 3 N–H and O–H groups in total. The molecular formula is C13H21N5S. The minimum absolute atomic E-state index is 0.312. The van der Waals surface area contributed by atoms with Crippen LogP contribution in [0, 0.1) is 6.92 Å². The predicted octanol–water partition coefficient (Wildman–Crippen LogP) is 1.32. The number of piperidine rings is 1. The van der Waals surface area contributed by atoms with Crippen LogP contribution >= 0.6 is 12.2 Å². The zero-order valence-corrected chi connectivity index (χ0v) is 12.3. The summed E-state index contributed by atoms with van der Waals surface area (Å²) in [5.74, 6) is 0.630. The molecule has 1 unspecified atom stereocenters. The summed E-state index contributed by atoms with van der Waals surface area (Å²) in [6.07, 6.45) is 2.36. The number of rotatable bonds is 4. The number of nitrogens with one attached hydrogen (secondary N) is 1. The van der Waals surface area contributed by atoms with Crippen molar-refractivity contribution in [3.05, 3.63) is 17.5 Å². The summed E-state index contributed by atoms with van der Waals surface area (Å²) in [6.45, 7) is 7.42. The number of anilines is 1. The first-order valence-corrected chi connectivity index (χ1v) is 7.13. The molecule has 0 saturated carbocycles. The van der Waals surface area contributed by atoms with Crippen molar-refractivity contribution in [3.8, 4) is 0 Å². The van der Waals surface area contributed by atoms with Gasteiger partial charge in [0.25, 0.3) is 0 Å². The van der Waals surface area contributed by atoms with Gasteiger partial charge in [0.15, 0.2) is 0 Å². The van der Waals surface area contributed by atoms with E-state index in [1.165, 1.54) is 13.0 Å². The van der Waals surface area contributed by atoms with Crippen LogP contribution in [-0.4, -0.2) is 45.5 Å². The molecule has 1 saturated heterocycles. The summed E-state index contributed by atoms with van der Waals surface area (Å²) in [4.78, 5) is 11.5. The third kappa shape index (κ3) is 3.84. The molecule has 6 heteroatoms. The summed E-state index contributed by atoms with van der Waals surface area (Å²) >= 11 is 4.97. The second-order valence-electron chi connectivity index (χ2n) is 4.96. The molecule has 5 nitrogen and oxygen atoms in total. The van der Waals surface area contributed by atoms with Gasteiger partial charge in [-0.1, -0.05) is 19.1 Å². The van der Waals surface area contributed by atoms with Crippen LogP contribution in [0.1, 0.15) is 31.2 Å². The Balaban J connectivity index is 2.08. The molecule has 0 radical (unpaired) electrons. The Morgan fingerprint density at radius 2 is 2.37 bits per heavy atom. The molecule has 0 spiro atoms. The van der Waals surface area contributed by atoms with Gasteiger partial charge in [0.05, 0.1) is 0 Å². The van der Waals surface area contributed by atoms with E-state index in [0.29, 0.717) is 22.7 Å². The monoisotopic (exact) mass is 279 g/mol. The summed E-state index contributed by atoms with van der Waals surface area (Å²) in [6, 6.07) is 2.21. The molecule has 1 aromatic heterocycles. The molecular weight excluding hydrogens is 258 g/mol. The third-order valence-corrected chi connectivity index (χ3v) is 3.60. The van der Waals surface area contributed by atoms with E-state index in [0.717, 1.165) is 25.2 Å². The maximum Gasteiger partial charge on any atom is 0.223 e. The molecule has 0 amide bonds. The normalized spacial score (nSPS) is 20.2. The molecule has 1 atom stereocenters. The fourth-order valence-electron chi connectivity index (χ4n) is 2.40. The first kappa shape index (κ1) is 14.1. The van der Waals surface area contributed by atoms with E-state index in [-0.39, 0.29) is 0 Å². The van der Waals surface area contributed by atoms with E-state index in [2.05, 4.69) is 27.1 Å². The lowest BCUT2D eigenvalue weighted by Gasteiger charge is -2.32. The fourth-order valence-corrected chi connectivity index (χ4v) is 2.51. The van der Waals surface area contributed by atoms with E-state index < -0.39 is 0 Å². The van der Waals surface area contributed by atoms with E-state index in [4.69, 9.17) is 18.0 Å². The van der Waals surface area contributed by atoms with Crippen LogP contribution in [0.25, 0.3) is 0 Å². The largest absolute Gasteiger partial charge is 0.388 e. The third-order valence-electron chi connectivity index (χ3n) is 3.39. The number of aryl methyl sites for hydroxylation is 1. The van der Waals surface area contributed by atoms with Gasteiger partial charge in [-0.3, -0.25) is 0 Å². The van der Waals surface area contributed by atoms with E-state index in [1.807, 2.05) is 13.0 Å². The topological polar surface area (TPSA) is 67.1 Å². The predicted molar refractivity (Wildman–Crippen MR) is 81.4 cm³/mol. The van der Waals surface area contributed by atoms with Crippen molar-refractivity contribution >= 4 is 23.2 Å². The van der Waals surface area contributed by atoms with Crippen LogP contribution in [-0.2, 0) is 0 Å². The molecule has 1 aromatic rings. The summed E-state index contributed by atoms with van der Waals surface area (Å²) in [7, 11) is 0. The number of nitrogens with two attached hydrogens (primary N) is 1. The minimum Gasteiger partial charge on any atom is -0.388 e. The van der Waals surface area contributed by atoms with Crippen LogP contribution in [0.4, 0.5) is 5.95 Å². The first-order chi connectivity index (χ1) is 9.08. The van der Waals surface area contributed by atoms with Crippen LogP contribution in [0.5, 0.6) is 0 Å². The van der Waals surface area contributed by atoms with Crippen molar-refractivity contribution in [2.24, 2.45) is 5.73 Å². The highest BCUT2D eigenvalue weighted by Crippen LogP contribution is 2.14. The number of likely N-dealkylation sites (N-methyl/N-ethyl adjacent to an activating group) is 1. The molecule has 2 rings (SSSR count). The zero-order valence-electron chi connectivity index (χ0n) is 11.5. The Kier molecular flexibility index (Phi) is 4.66. The Bertz CT molecular complexity index is 462. The number of nitrogens with zero attached hydrogens (tertiary/aromatic N) is 3. The highest BCUT2D eigenvalue weighted by Gasteiger charge is 2.19. The van der Waals surface area contributed by atoms with Gasteiger partial charge in [-0.2, -0.15) is 0 Å². The Hall–Kier alpha value is -1.27. The van der Waals surface area contributed by atoms with Crippen molar-refractivity contribution in [1.29, 1.82) is 0 Å². The van der Waals surface area contributed by atoms with Crippen molar-refractivity contribution < 1.29 is 0 Å². The number of aromatic nitrogens is 2. The van der Waals surface area contributed by atoms with Crippen LogP contribution in [0.2, 0.25) is 0 Å². The van der Waals surface area contributed by atoms with Gasteiger partial charge in [0, 0.05) is 18.3 Å². The molecule has 2 heterocycles. The smallest absolute Gasteiger partial charge is 0.223 e. The molecule has 1 aliphatic rings. The number of likely N-dealkylation sites (tertiary alicyclic amines) is 1. The van der Waals surface area contributed by atoms with Gasteiger partial charge in [0.1, 0.15) is 10.7 Å². The Labute approximate surface area is 119 Å². The minimum atomic E-state index is 0.312. The second-order valence-corrected chi connectivity index (χ2v) is 5.40. The molecule has 19 heavy (non-hydrogen) atoms. The van der Waals surface area contributed by atoms with Crippen molar-refractivity contribution in [2.75, 3.05) is 25.0 Å². The molecule has 1 fully saturated rings. The zero-order chi connectivity index (χ0) is 13.8. The highest BCUT2D eigenvalue weighted by molar-refractivity contribution is 7.80.